The van der Waals surface area contributed by atoms with Gasteiger partial charge >= 0.3 is 5.97 Å². The van der Waals surface area contributed by atoms with E-state index in [0.29, 0.717) is 13.0 Å². The highest BCUT2D eigenvalue weighted by Crippen LogP contribution is 2.35. The molecule has 0 aliphatic carbocycles. The van der Waals surface area contributed by atoms with E-state index in [2.05, 4.69) is 41.9 Å². The van der Waals surface area contributed by atoms with E-state index in [4.69, 9.17) is 4.74 Å². The van der Waals surface area contributed by atoms with Crippen molar-refractivity contribution in [3.63, 3.8) is 0 Å². The summed E-state index contributed by atoms with van der Waals surface area (Å²) in [6.07, 6.45) is 59.7. The maximum absolute atomic E-state index is 13.1. The summed E-state index contributed by atoms with van der Waals surface area (Å²) >= 11 is 0. The van der Waals surface area contributed by atoms with Gasteiger partial charge in [0.15, 0.2) is 0 Å². The molecule has 0 saturated carbocycles. The number of nitrogens with zero attached hydrogens (tertiary/aromatic N) is 1. The first kappa shape index (κ1) is 56.4. The van der Waals surface area contributed by atoms with E-state index in [1.165, 1.54) is 270 Å². The summed E-state index contributed by atoms with van der Waals surface area (Å²) in [5.41, 5.74) is 0.109. The number of ether oxygens (including phenoxy) is 1. The molecule has 0 amide bonds. The predicted molar refractivity (Wildman–Crippen MR) is 256 cm³/mol. The van der Waals surface area contributed by atoms with Crippen molar-refractivity contribution in [2.75, 3.05) is 34.3 Å². The molecule has 3 nitrogen and oxygen atoms in total. The van der Waals surface area contributed by atoms with Crippen molar-refractivity contribution in [1.82, 2.24) is 0 Å². The number of rotatable bonds is 48. The predicted octanol–water partition coefficient (Wildman–Crippen LogP) is 18.4. The van der Waals surface area contributed by atoms with Crippen LogP contribution in [0, 0.1) is 5.41 Å². The van der Waals surface area contributed by atoms with Crippen LogP contribution in [-0.2, 0) is 9.53 Å². The van der Waals surface area contributed by atoms with Crippen molar-refractivity contribution in [2.45, 2.75) is 303 Å². The highest BCUT2D eigenvalue weighted by atomic mass is 16.5. The molecule has 0 atom stereocenters. The molecule has 0 spiro atoms. The largest absolute Gasteiger partial charge is 0.465 e. The second-order valence-electron chi connectivity index (χ2n) is 20.3. The van der Waals surface area contributed by atoms with Crippen LogP contribution >= 0.6 is 0 Å². The minimum absolute atomic E-state index is 0.0609. The van der Waals surface area contributed by atoms with Gasteiger partial charge in [0.25, 0.3) is 0 Å². The molecule has 342 valence electrons. The van der Waals surface area contributed by atoms with Crippen LogP contribution in [-0.4, -0.2) is 44.7 Å². The van der Waals surface area contributed by atoms with Crippen LogP contribution in [0.15, 0.2) is 0 Å². The van der Waals surface area contributed by atoms with Gasteiger partial charge in [0.05, 0.1) is 33.1 Å². The van der Waals surface area contributed by atoms with Crippen molar-refractivity contribution >= 4 is 5.97 Å². The summed E-state index contributed by atoms with van der Waals surface area (Å²) in [7, 11) is 7.04. The third-order valence-electron chi connectivity index (χ3n) is 13.0. The van der Waals surface area contributed by atoms with E-state index in [1.807, 2.05) is 0 Å². The Balaban J connectivity index is 4.67. The second kappa shape index (κ2) is 43.5. The van der Waals surface area contributed by atoms with Crippen LogP contribution in [0.1, 0.15) is 303 Å². The highest BCUT2D eigenvalue weighted by molar-refractivity contribution is 5.69. The molecule has 0 bridgehead atoms. The molecule has 0 rings (SSSR count). The Kier molecular flexibility index (Phi) is 43.1. The number of carbonyl (C=O) groups is 1. The smallest absolute Gasteiger partial charge is 0.305 e. The molecule has 0 aromatic rings. The van der Waals surface area contributed by atoms with Gasteiger partial charge in [0.2, 0.25) is 0 Å². The summed E-state index contributed by atoms with van der Waals surface area (Å²) in [5, 5.41) is 0. The lowest BCUT2D eigenvalue weighted by Gasteiger charge is -2.39. The summed E-state index contributed by atoms with van der Waals surface area (Å²) in [5.74, 6) is 0.0609. The molecule has 0 unspecified atom stereocenters. The number of unbranched alkanes of at least 4 members (excludes halogenated alkanes) is 38. The van der Waals surface area contributed by atoms with Crippen molar-refractivity contribution in [3.05, 3.63) is 0 Å². The van der Waals surface area contributed by atoms with E-state index in [9.17, 15) is 4.79 Å². The molecule has 0 fully saturated rings. The minimum Gasteiger partial charge on any atom is -0.465 e. The normalized spacial score (nSPS) is 12.2. The van der Waals surface area contributed by atoms with Crippen molar-refractivity contribution in [3.8, 4) is 0 Å². The quantitative estimate of drug-likeness (QED) is 0.0348. The SMILES string of the molecule is CCCCCCCCCCCCCCCCC(CCCCCCCCCCCCCCCC)(COC(=O)CCCCCCCCCCCCCCC)C[N+](C)(C)C. The third kappa shape index (κ3) is 43.3. The lowest BCUT2D eigenvalue weighted by Crippen LogP contribution is -2.47. The summed E-state index contributed by atoms with van der Waals surface area (Å²) in [4.78, 5) is 13.1. The fourth-order valence-electron chi connectivity index (χ4n) is 9.46. The van der Waals surface area contributed by atoms with Crippen LogP contribution < -0.4 is 0 Å². The average molecular weight is 805 g/mol. The van der Waals surface area contributed by atoms with Gasteiger partial charge in [0.1, 0.15) is 6.61 Å². The minimum atomic E-state index is 0.0609. The van der Waals surface area contributed by atoms with Crippen molar-refractivity contribution in [2.24, 2.45) is 5.41 Å². The van der Waals surface area contributed by atoms with Gasteiger partial charge in [-0.3, -0.25) is 4.79 Å². The summed E-state index contributed by atoms with van der Waals surface area (Å²) in [6.45, 7) is 8.66. The second-order valence-corrected chi connectivity index (χ2v) is 20.3. The number of carbonyl (C=O) groups excluding carboxylic acids is 1. The van der Waals surface area contributed by atoms with Crippen LogP contribution in [0.3, 0.4) is 0 Å². The molecule has 0 aliphatic rings. The molecule has 0 aliphatic heterocycles. The monoisotopic (exact) mass is 805 g/mol. The Morgan fingerprint density at radius 1 is 0.351 bits per heavy atom. The van der Waals surface area contributed by atoms with Crippen LogP contribution in [0.2, 0.25) is 0 Å². The Bertz CT molecular complexity index is 755. The van der Waals surface area contributed by atoms with Crippen molar-refractivity contribution in [1.29, 1.82) is 0 Å². The maximum Gasteiger partial charge on any atom is 0.305 e. The first-order valence-corrected chi connectivity index (χ1v) is 26.7. The molecule has 0 aromatic carbocycles. The van der Waals surface area contributed by atoms with E-state index < -0.39 is 0 Å². The number of hydrogen-bond acceptors (Lipinski definition) is 2. The summed E-state index contributed by atoms with van der Waals surface area (Å²) in [6, 6.07) is 0. The lowest BCUT2D eigenvalue weighted by molar-refractivity contribution is -0.877. The van der Waals surface area contributed by atoms with Gasteiger partial charge in [-0.15, -0.1) is 0 Å². The van der Waals surface area contributed by atoms with Gasteiger partial charge in [-0.25, -0.2) is 0 Å². The van der Waals surface area contributed by atoms with Crippen molar-refractivity contribution < 1.29 is 14.0 Å². The molecule has 0 heterocycles. The van der Waals surface area contributed by atoms with Gasteiger partial charge in [-0.2, -0.15) is 0 Å². The highest BCUT2D eigenvalue weighted by Gasteiger charge is 2.36. The fraction of sp³-hybridized carbons (Fsp3) is 0.981. The van der Waals surface area contributed by atoms with E-state index in [0.717, 1.165) is 17.4 Å². The van der Waals surface area contributed by atoms with Gasteiger partial charge in [-0.1, -0.05) is 278 Å². The fourth-order valence-corrected chi connectivity index (χ4v) is 9.46. The molecule has 57 heavy (non-hydrogen) atoms. The molecule has 0 aromatic heterocycles. The topological polar surface area (TPSA) is 26.3 Å². The molecule has 0 saturated heterocycles. The first-order valence-electron chi connectivity index (χ1n) is 26.7. The number of hydrogen-bond donors (Lipinski definition) is 0. The zero-order valence-corrected chi connectivity index (χ0v) is 40.8. The first-order chi connectivity index (χ1) is 27.8. The zero-order valence-electron chi connectivity index (χ0n) is 40.8. The number of esters is 1. The Morgan fingerprint density at radius 2 is 0.579 bits per heavy atom. The van der Waals surface area contributed by atoms with Crippen LogP contribution in [0.4, 0.5) is 0 Å². The standard InChI is InChI=1S/C54H110NO2/c1-7-10-13-16-19-22-25-28-31-34-37-40-43-46-49-54(51-55(4,5)6,50-47-44-41-38-35-32-29-26-23-20-17-14-11-8-2)52-57-53(56)48-45-42-39-36-33-30-27-24-21-18-15-12-9-3/h7-52H2,1-6H3/q+1. The Labute approximate surface area is 361 Å². The van der Waals surface area contributed by atoms with Gasteiger partial charge in [0, 0.05) is 6.42 Å². The molecular weight excluding hydrogens is 695 g/mol. The van der Waals surface area contributed by atoms with Crippen LogP contribution in [0.5, 0.6) is 0 Å². The summed E-state index contributed by atoms with van der Waals surface area (Å²) < 4.78 is 7.20. The third-order valence-corrected chi connectivity index (χ3v) is 13.0. The Hall–Kier alpha value is -0.570. The van der Waals surface area contributed by atoms with Gasteiger partial charge < -0.3 is 9.22 Å². The Morgan fingerprint density at radius 3 is 0.825 bits per heavy atom. The average Bonchev–Trinajstić information content (AvgIpc) is 3.18. The molecule has 0 N–H and O–H groups in total. The van der Waals surface area contributed by atoms with E-state index >= 15 is 0 Å². The lowest BCUT2D eigenvalue weighted by atomic mass is 9.77. The van der Waals surface area contributed by atoms with Gasteiger partial charge in [-0.05, 0) is 19.3 Å². The van der Waals surface area contributed by atoms with E-state index in [-0.39, 0.29) is 11.4 Å². The maximum atomic E-state index is 13.1. The zero-order chi connectivity index (χ0) is 41.8. The molecule has 3 heteroatoms. The molecule has 0 radical (unpaired) electrons. The van der Waals surface area contributed by atoms with E-state index in [1.54, 1.807) is 0 Å². The molecular formula is C54H110NO2+. The number of quaternary nitrogens is 1. The van der Waals surface area contributed by atoms with Crippen LogP contribution in [0.25, 0.3) is 0 Å².